The normalized spacial score (nSPS) is 11.2. The van der Waals surface area contributed by atoms with Gasteiger partial charge in [0.25, 0.3) is 0 Å². The molecule has 0 radical (unpaired) electrons. The van der Waals surface area contributed by atoms with Crippen LogP contribution >= 0.6 is 15.9 Å². The maximum absolute atomic E-state index is 5.94. The third kappa shape index (κ3) is 2.46. The van der Waals surface area contributed by atoms with E-state index in [0.29, 0.717) is 5.95 Å². The molecule has 0 amide bonds. The van der Waals surface area contributed by atoms with Gasteiger partial charge >= 0.3 is 0 Å². The second-order valence-electron chi connectivity index (χ2n) is 4.24. The Labute approximate surface area is 118 Å². The first kappa shape index (κ1) is 12.2. The van der Waals surface area contributed by atoms with Crippen LogP contribution in [0.25, 0.3) is 11.2 Å². The third-order valence-corrected chi connectivity index (χ3v) is 3.34. The van der Waals surface area contributed by atoms with Crippen LogP contribution in [-0.2, 0) is 13.1 Å². The van der Waals surface area contributed by atoms with Gasteiger partial charge in [0.1, 0.15) is 5.52 Å². The summed E-state index contributed by atoms with van der Waals surface area (Å²) in [5, 5.41) is 4.17. The minimum atomic E-state index is 0.501. The molecule has 0 aromatic carbocycles. The van der Waals surface area contributed by atoms with Crippen molar-refractivity contribution in [3.05, 3.63) is 35.2 Å². The Hall–Kier alpha value is -1.89. The second-order valence-corrected chi connectivity index (χ2v) is 5.16. The summed E-state index contributed by atoms with van der Waals surface area (Å²) in [7, 11) is 0. The average molecular weight is 321 g/mol. The lowest BCUT2D eigenvalue weighted by Gasteiger charge is -2.06. The van der Waals surface area contributed by atoms with Crippen LogP contribution in [0.5, 0.6) is 0 Å². The van der Waals surface area contributed by atoms with E-state index in [1.165, 1.54) is 0 Å². The zero-order valence-corrected chi connectivity index (χ0v) is 11.8. The number of aromatic nitrogens is 5. The van der Waals surface area contributed by atoms with E-state index in [1.807, 2.05) is 27.6 Å². The molecule has 2 N–H and O–H groups in total. The first-order chi connectivity index (χ1) is 9.24. The summed E-state index contributed by atoms with van der Waals surface area (Å²) in [6.07, 6.45) is 6.41. The number of halogens is 1. The Bertz CT molecular complexity index is 688. The van der Waals surface area contributed by atoms with E-state index in [2.05, 4.69) is 31.0 Å². The van der Waals surface area contributed by atoms with Crippen LogP contribution in [0.4, 0.5) is 5.95 Å². The van der Waals surface area contributed by atoms with Crippen molar-refractivity contribution < 1.29 is 0 Å². The van der Waals surface area contributed by atoms with E-state index in [-0.39, 0.29) is 0 Å². The van der Waals surface area contributed by atoms with E-state index in [0.717, 1.165) is 35.1 Å². The molecule has 3 aromatic rings. The van der Waals surface area contributed by atoms with Crippen LogP contribution in [0.3, 0.4) is 0 Å². The average Bonchev–Trinajstić information content (AvgIpc) is 2.98. The Morgan fingerprint density at radius 3 is 3.00 bits per heavy atom. The summed E-state index contributed by atoms with van der Waals surface area (Å²) in [6, 6.07) is 3.84. The molecule has 0 aliphatic heterocycles. The summed E-state index contributed by atoms with van der Waals surface area (Å²) in [4.78, 5) is 8.68. The number of nitrogens with two attached hydrogens (primary N) is 1. The quantitative estimate of drug-likeness (QED) is 0.798. The first-order valence-electron chi connectivity index (χ1n) is 5.99. The summed E-state index contributed by atoms with van der Waals surface area (Å²) in [5.74, 6) is 0.501. The molecular weight excluding hydrogens is 308 g/mol. The molecule has 0 aliphatic rings. The Balaban J connectivity index is 1.78. The predicted molar refractivity (Wildman–Crippen MR) is 76.5 cm³/mol. The number of imidazole rings is 1. The van der Waals surface area contributed by atoms with Gasteiger partial charge in [0.2, 0.25) is 5.95 Å². The Kier molecular flexibility index (Phi) is 3.20. The van der Waals surface area contributed by atoms with Crippen LogP contribution in [0.1, 0.15) is 6.42 Å². The molecule has 0 saturated carbocycles. The number of nitrogen functional groups attached to an aromatic ring is 1. The van der Waals surface area contributed by atoms with Crippen molar-refractivity contribution in [3.8, 4) is 0 Å². The van der Waals surface area contributed by atoms with Crippen molar-refractivity contribution in [3.63, 3.8) is 0 Å². The van der Waals surface area contributed by atoms with Crippen molar-refractivity contribution >= 4 is 33.0 Å². The maximum atomic E-state index is 5.94. The van der Waals surface area contributed by atoms with Crippen LogP contribution in [0, 0.1) is 0 Å². The minimum absolute atomic E-state index is 0.501. The number of nitrogens with zero attached hydrogens (tertiary/aromatic N) is 5. The topological polar surface area (TPSA) is 74.5 Å². The maximum Gasteiger partial charge on any atom is 0.202 e. The molecule has 3 aromatic heterocycles. The van der Waals surface area contributed by atoms with E-state index in [9.17, 15) is 0 Å². The lowest BCUT2D eigenvalue weighted by Crippen LogP contribution is -2.07. The lowest BCUT2D eigenvalue weighted by molar-refractivity contribution is 0.534. The molecule has 0 atom stereocenters. The Morgan fingerprint density at radius 2 is 2.21 bits per heavy atom. The van der Waals surface area contributed by atoms with Gasteiger partial charge in [-0.3, -0.25) is 9.25 Å². The summed E-state index contributed by atoms with van der Waals surface area (Å²) in [6.45, 7) is 1.62. The molecule has 3 heterocycles. The molecule has 7 heteroatoms. The highest BCUT2D eigenvalue weighted by Gasteiger charge is 2.09. The first-order valence-corrected chi connectivity index (χ1v) is 6.78. The van der Waals surface area contributed by atoms with Crippen molar-refractivity contribution in [2.24, 2.45) is 0 Å². The highest BCUT2D eigenvalue weighted by molar-refractivity contribution is 9.10. The van der Waals surface area contributed by atoms with Gasteiger partial charge in [-0.05, 0) is 34.5 Å². The fourth-order valence-electron chi connectivity index (χ4n) is 2.05. The van der Waals surface area contributed by atoms with Crippen LogP contribution in [-0.4, -0.2) is 24.3 Å². The minimum Gasteiger partial charge on any atom is -0.369 e. The summed E-state index contributed by atoms with van der Waals surface area (Å²) >= 11 is 3.38. The zero-order valence-electron chi connectivity index (χ0n) is 10.2. The van der Waals surface area contributed by atoms with Gasteiger partial charge in [0.05, 0.1) is 0 Å². The van der Waals surface area contributed by atoms with E-state index < -0.39 is 0 Å². The molecule has 0 saturated heterocycles. The molecule has 19 heavy (non-hydrogen) atoms. The fourth-order valence-corrected chi connectivity index (χ4v) is 2.37. The molecule has 0 spiro atoms. The molecule has 0 aliphatic carbocycles. The fraction of sp³-hybridized carbons (Fsp3) is 0.250. The third-order valence-electron chi connectivity index (χ3n) is 2.91. The number of pyridine rings is 1. The number of hydrogen-bond donors (Lipinski definition) is 1. The molecule has 3 rings (SSSR count). The van der Waals surface area contributed by atoms with Crippen molar-refractivity contribution in [2.45, 2.75) is 19.5 Å². The highest BCUT2D eigenvalue weighted by Crippen LogP contribution is 2.19. The highest BCUT2D eigenvalue weighted by atomic mass is 79.9. The van der Waals surface area contributed by atoms with Crippen molar-refractivity contribution in [1.29, 1.82) is 0 Å². The van der Waals surface area contributed by atoms with Crippen molar-refractivity contribution in [2.75, 3.05) is 5.73 Å². The number of fused-ring (bicyclic) bond motifs is 1. The van der Waals surface area contributed by atoms with E-state index in [4.69, 9.17) is 5.73 Å². The van der Waals surface area contributed by atoms with Gasteiger partial charge in [0, 0.05) is 36.2 Å². The number of aryl methyl sites for hydroxylation is 2. The van der Waals surface area contributed by atoms with Gasteiger partial charge in [-0.2, -0.15) is 5.10 Å². The van der Waals surface area contributed by atoms with Gasteiger partial charge in [0.15, 0.2) is 5.65 Å². The number of hydrogen-bond acceptors (Lipinski definition) is 4. The largest absolute Gasteiger partial charge is 0.369 e. The number of rotatable bonds is 4. The molecular formula is C12H13BrN6. The molecule has 98 valence electrons. The van der Waals surface area contributed by atoms with Crippen LogP contribution < -0.4 is 5.73 Å². The van der Waals surface area contributed by atoms with Crippen molar-refractivity contribution in [1.82, 2.24) is 24.3 Å². The molecule has 6 nitrogen and oxygen atoms in total. The van der Waals surface area contributed by atoms with Crippen LogP contribution in [0.15, 0.2) is 35.2 Å². The molecule has 0 unspecified atom stereocenters. The lowest BCUT2D eigenvalue weighted by atomic mass is 10.4. The van der Waals surface area contributed by atoms with E-state index in [1.54, 1.807) is 12.4 Å². The molecule has 0 bridgehead atoms. The SMILES string of the molecule is Nc1nc2cc(Br)cnc2n1CCCn1cccn1. The summed E-state index contributed by atoms with van der Waals surface area (Å²) < 4.78 is 4.74. The smallest absolute Gasteiger partial charge is 0.202 e. The van der Waals surface area contributed by atoms with Crippen LogP contribution in [0.2, 0.25) is 0 Å². The monoisotopic (exact) mass is 320 g/mol. The molecule has 0 fully saturated rings. The van der Waals surface area contributed by atoms with Gasteiger partial charge in [-0.15, -0.1) is 0 Å². The predicted octanol–water partition coefficient (Wildman–Crippen LogP) is 2.06. The van der Waals surface area contributed by atoms with Gasteiger partial charge in [-0.1, -0.05) is 0 Å². The summed E-state index contributed by atoms with van der Waals surface area (Å²) in [5.41, 5.74) is 7.57. The van der Waals surface area contributed by atoms with E-state index >= 15 is 0 Å². The number of anilines is 1. The second kappa shape index (κ2) is 5.00. The standard InChI is InChI=1S/C12H13BrN6/c13-9-7-10-11(15-8-9)19(12(14)17-10)6-2-5-18-4-1-3-16-18/h1,3-4,7-8H,2,5-6H2,(H2,14,17). The Morgan fingerprint density at radius 1 is 1.32 bits per heavy atom. The van der Waals surface area contributed by atoms with Gasteiger partial charge in [-0.25, -0.2) is 9.97 Å². The zero-order chi connectivity index (χ0) is 13.2. The van der Waals surface area contributed by atoms with Gasteiger partial charge < -0.3 is 5.73 Å².